The highest BCUT2D eigenvalue weighted by Crippen LogP contribution is 2.51. The first kappa shape index (κ1) is 37.3. The summed E-state index contributed by atoms with van der Waals surface area (Å²) < 4.78 is 28.1. The number of phenols is 2. The zero-order valence-electron chi connectivity index (χ0n) is 26.4. The van der Waals surface area contributed by atoms with Gasteiger partial charge in [-0.2, -0.15) is 0 Å². The van der Waals surface area contributed by atoms with Crippen molar-refractivity contribution in [1.82, 2.24) is 0 Å². The maximum absolute atomic E-state index is 13.7. The molecule has 6 rings (SSSR count). The molecule has 51 heavy (non-hydrogen) atoms. The van der Waals surface area contributed by atoms with Crippen molar-refractivity contribution in [3.05, 3.63) is 51.7 Å². The van der Waals surface area contributed by atoms with Crippen LogP contribution in [-0.4, -0.2) is 160 Å². The first-order valence-electron chi connectivity index (χ1n) is 15.8. The van der Waals surface area contributed by atoms with Gasteiger partial charge in [0.15, 0.2) is 11.0 Å². The number of ether oxygens (including phenoxy) is 4. The van der Waals surface area contributed by atoms with Gasteiger partial charge in [0.05, 0.1) is 30.9 Å². The van der Waals surface area contributed by atoms with Gasteiger partial charge in [-0.15, -0.1) is 0 Å². The number of hydrogen-bond donors (Lipinski definition) is 13. The van der Waals surface area contributed by atoms with Gasteiger partial charge in [0, 0.05) is 11.6 Å². The highest BCUT2D eigenvalue weighted by molar-refractivity contribution is 5.92. The molecule has 3 aliphatic rings. The molecule has 3 fully saturated rings. The maximum Gasteiger partial charge on any atom is 0.229 e. The Morgan fingerprint density at radius 3 is 1.63 bits per heavy atom. The second-order valence-corrected chi connectivity index (χ2v) is 12.6. The quantitative estimate of drug-likeness (QED) is 0.104. The molecule has 4 heterocycles. The fourth-order valence-electron chi connectivity index (χ4n) is 6.56. The third-order valence-corrected chi connectivity index (χ3v) is 9.44. The van der Waals surface area contributed by atoms with E-state index in [1.807, 2.05) is 0 Å². The monoisotopic (exact) mass is 726 g/mol. The van der Waals surface area contributed by atoms with E-state index in [1.54, 1.807) is 0 Å². The Morgan fingerprint density at radius 1 is 0.588 bits per heavy atom. The van der Waals surface area contributed by atoms with Crippen molar-refractivity contribution in [2.75, 3.05) is 19.8 Å². The highest BCUT2D eigenvalue weighted by atomic mass is 16.7. The fourth-order valence-corrected chi connectivity index (χ4v) is 6.56. The van der Waals surface area contributed by atoms with E-state index < -0.39 is 144 Å². The van der Waals surface area contributed by atoms with Crippen molar-refractivity contribution < 1.29 is 89.7 Å². The Labute approximate surface area is 286 Å². The molecule has 2 aromatic carbocycles. The van der Waals surface area contributed by atoms with E-state index in [-0.39, 0.29) is 17.1 Å². The van der Waals surface area contributed by atoms with Gasteiger partial charge in [0.25, 0.3) is 0 Å². The third kappa shape index (κ3) is 6.34. The predicted molar refractivity (Wildman–Crippen MR) is 165 cm³/mol. The average molecular weight is 727 g/mol. The standard InChI is InChI=1S/C32H38O19/c33-6-13-19(37)24(42)27(45)30(49-13)17-22(40)16-11(36)5-12(48-29(16)18(23(17)41)31-26(44)21(39)14(7-34)50-31)9-1-3-10(4-2-9)47-32-28(46)25(43)20(38)15(8-35)51-32/h1-5,13-15,19-21,24-28,30-35,37-46H,6-8H2. The Bertz CT molecular complexity index is 1760. The molecule has 1 aromatic heterocycles. The summed E-state index contributed by atoms with van der Waals surface area (Å²) in [5, 5.41) is 135. The molecule has 19 heteroatoms. The second kappa shape index (κ2) is 14.5. The minimum absolute atomic E-state index is 0.0675. The van der Waals surface area contributed by atoms with Gasteiger partial charge in [-0.1, -0.05) is 0 Å². The summed E-state index contributed by atoms with van der Waals surface area (Å²) in [6.45, 7) is -2.32. The average Bonchev–Trinajstić information content (AvgIpc) is 3.40. The molecule has 3 saturated heterocycles. The lowest BCUT2D eigenvalue weighted by Gasteiger charge is -2.40. The second-order valence-electron chi connectivity index (χ2n) is 12.6. The molecular weight excluding hydrogens is 688 g/mol. The van der Waals surface area contributed by atoms with Crippen LogP contribution >= 0.6 is 0 Å². The lowest BCUT2D eigenvalue weighted by atomic mass is 9.87. The summed E-state index contributed by atoms with van der Waals surface area (Å²) in [6.07, 6.45) is -23.5. The Balaban J connectivity index is 1.44. The van der Waals surface area contributed by atoms with Gasteiger partial charge in [0.1, 0.15) is 108 Å². The summed E-state index contributed by atoms with van der Waals surface area (Å²) in [5.74, 6) is -2.09. The smallest absolute Gasteiger partial charge is 0.229 e. The fraction of sp³-hybridized carbons (Fsp3) is 0.531. The zero-order valence-corrected chi connectivity index (χ0v) is 26.4. The topological polar surface area (TPSA) is 330 Å². The summed E-state index contributed by atoms with van der Waals surface area (Å²) in [6, 6.07) is 6.43. The summed E-state index contributed by atoms with van der Waals surface area (Å²) in [4.78, 5) is 13.7. The number of aliphatic hydroxyl groups excluding tert-OH is 11. The van der Waals surface area contributed by atoms with Gasteiger partial charge in [-0.3, -0.25) is 4.79 Å². The first-order valence-corrected chi connectivity index (χ1v) is 15.8. The maximum atomic E-state index is 13.7. The van der Waals surface area contributed by atoms with Crippen LogP contribution in [0.25, 0.3) is 22.3 Å². The van der Waals surface area contributed by atoms with Crippen LogP contribution in [0.2, 0.25) is 0 Å². The molecule has 0 saturated carbocycles. The number of aromatic hydroxyl groups is 2. The lowest BCUT2D eigenvalue weighted by molar-refractivity contribution is -0.277. The van der Waals surface area contributed by atoms with Crippen LogP contribution in [0.3, 0.4) is 0 Å². The van der Waals surface area contributed by atoms with Gasteiger partial charge >= 0.3 is 0 Å². The molecule has 0 spiro atoms. The van der Waals surface area contributed by atoms with E-state index in [4.69, 9.17) is 23.4 Å². The van der Waals surface area contributed by atoms with Gasteiger partial charge in [-0.05, 0) is 24.3 Å². The molecule has 0 bridgehead atoms. The minimum Gasteiger partial charge on any atom is -0.507 e. The Morgan fingerprint density at radius 2 is 1.08 bits per heavy atom. The molecule has 19 nitrogen and oxygen atoms in total. The molecule has 13 N–H and O–H groups in total. The summed E-state index contributed by atoms with van der Waals surface area (Å²) >= 11 is 0. The molecule has 14 atom stereocenters. The molecule has 3 aliphatic heterocycles. The van der Waals surface area contributed by atoms with Gasteiger partial charge < -0.3 is 89.7 Å². The number of benzene rings is 2. The summed E-state index contributed by atoms with van der Waals surface area (Å²) in [7, 11) is 0. The molecule has 280 valence electrons. The van der Waals surface area contributed by atoms with Crippen LogP contribution in [0.4, 0.5) is 0 Å². The van der Waals surface area contributed by atoms with E-state index >= 15 is 0 Å². The van der Waals surface area contributed by atoms with Crippen LogP contribution in [-0.2, 0) is 14.2 Å². The largest absolute Gasteiger partial charge is 0.507 e. The highest BCUT2D eigenvalue weighted by Gasteiger charge is 2.50. The normalized spacial score (nSPS) is 37.2. The van der Waals surface area contributed by atoms with E-state index in [9.17, 15) is 71.2 Å². The molecule has 0 aliphatic carbocycles. The van der Waals surface area contributed by atoms with Crippen LogP contribution in [0.1, 0.15) is 23.3 Å². The van der Waals surface area contributed by atoms with Crippen molar-refractivity contribution in [3.8, 4) is 28.6 Å². The van der Waals surface area contributed by atoms with E-state index in [2.05, 4.69) is 0 Å². The third-order valence-electron chi connectivity index (χ3n) is 9.44. The minimum atomic E-state index is -2.04. The van der Waals surface area contributed by atoms with Crippen LogP contribution in [0, 0.1) is 0 Å². The zero-order chi connectivity index (χ0) is 37.0. The van der Waals surface area contributed by atoms with Crippen molar-refractivity contribution in [2.45, 2.75) is 85.6 Å². The number of fused-ring (bicyclic) bond motifs is 1. The molecular formula is C32H38O19. The van der Waals surface area contributed by atoms with Crippen molar-refractivity contribution >= 4 is 11.0 Å². The van der Waals surface area contributed by atoms with Crippen molar-refractivity contribution in [3.63, 3.8) is 0 Å². The lowest BCUT2D eigenvalue weighted by Crippen LogP contribution is -2.60. The van der Waals surface area contributed by atoms with E-state index in [1.165, 1.54) is 24.3 Å². The van der Waals surface area contributed by atoms with Gasteiger partial charge in [-0.25, -0.2) is 0 Å². The van der Waals surface area contributed by atoms with E-state index in [0.717, 1.165) is 6.07 Å². The SMILES string of the molecule is O=c1cc(-c2ccc(OC3OC(CO)C(O)C(O)C3O)cc2)oc2c(C3OC(CO)C(O)C3O)c(O)c(C3OC(CO)C(O)C(O)C3O)c(O)c12. The molecule has 0 radical (unpaired) electrons. The van der Waals surface area contributed by atoms with Crippen LogP contribution < -0.4 is 10.2 Å². The molecule has 3 aromatic rings. The van der Waals surface area contributed by atoms with Gasteiger partial charge in [0.2, 0.25) is 6.29 Å². The predicted octanol–water partition coefficient (Wildman–Crippen LogP) is -4.28. The van der Waals surface area contributed by atoms with Crippen LogP contribution in [0.15, 0.2) is 39.5 Å². The van der Waals surface area contributed by atoms with Crippen molar-refractivity contribution in [1.29, 1.82) is 0 Å². The molecule has 14 unspecified atom stereocenters. The Hall–Kier alpha value is -3.51. The summed E-state index contributed by atoms with van der Waals surface area (Å²) in [5.41, 5.74) is -2.54. The number of phenolic OH excluding ortho intramolecular Hbond substituents is 2. The number of aliphatic hydroxyl groups is 11. The van der Waals surface area contributed by atoms with E-state index in [0.29, 0.717) is 0 Å². The Kier molecular flexibility index (Phi) is 10.6. The first-order chi connectivity index (χ1) is 24.2. The molecule has 0 amide bonds. The number of hydrogen-bond acceptors (Lipinski definition) is 19. The number of rotatable bonds is 8. The van der Waals surface area contributed by atoms with Crippen LogP contribution in [0.5, 0.6) is 17.2 Å². The van der Waals surface area contributed by atoms with Crippen molar-refractivity contribution in [2.24, 2.45) is 0 Å².